The van der Waals surface area contributed by atoms with Gasteiger partial charge in [0, 0.05) is 5.92 Å². The van der Waals surface area contributed by atoms with Gasteiger partial charge in [0.1, 0.15) is 0 Å². The van der Waals surface area contributed by atoms with Crippen molar-refractivity contribution in [1.29, 1.82) is 0 Å². The molecule has 0 amide bonds. The molecule has 100 valence electrons. The average Bonchev–Trinajstić information content (AvgIpc) is 2.22. The second-order valence-electron chi connectivity index (χ2n) is 3.22. The van der Waals surface area contributed by atoms with Crippen LogP contribution in [0, 0.1) is 5.92 Å². The van der Waals surface area contributed by atoms with Gasteiger partial charge in [-0.05, 0) is 6.92 Å². The van der Waals surface area contributed by atoms with E-state index >= 15 is 0 Å². The normalized spacial score (nSPS) is 17.4. The highest BCUT2D eigenvalue weighted by Crippen LogP contribution is 2.25. The Hall–Kier alpha value is -1.09. The molecule has 0 bridgehead atoms. The largest absolute Gasteiger partial charge is 0.536 e. The number of hydrogen-bond donors (Lipinski definition) is 1. The first-order valence-electron chi connectivity index (χ1n) is 4.38. The van der Waals surface area contributed by atoms with E-state index in [-0.39, 0.29) is 5.71 Å². The summed E-state index contributed by atoms with van der Waals surface area (Å²) in [6.45, 7) is 5.92. The number of aliphatic hydroxyl groups is 1. The lowest BCUT2D eigenvalue weighted by molar-refractivity contribution is -0.0541. The maximum atomic E-state index is 11.9. The summed E-state index contributed by atoms with van der Waals surface area (Å²) in [5, 5.41) is 12.1. The quantitative estimate of drug-likeness (QED) is 0.356. The standard InChI is InChI=1S/C8H12F3NO4S/c1-4-7(13)5(2)6(3)12-16-17(14,15)8(9,10)11/h4-5,7,13H,1H2,2-3H3. The topological polar surface area (TPSA) is 76.0 Å². The molecule has 0 aliphatic heterocycles. The molecule has 0 saturated carbocycles. The van der Waals surface area contributed by atoms with Crippen molar-refractivity contribution >= 4 is 15.8 Å². The van der Waals surface area contributed by atoms with Crippen molar-refractivity contribution in [3.63, 3.8) is 0 Å². The zero-order valence-corrected chi connectivity index (χ0v) is 9.92. The molecule has 0 rings (SSSR count). The molecular weight excluding hydrogens is 263 g/mol. The highest BCUT2D eigenvalue weighted by molar-refractivity contribution is 7.87. The van der Waals surface area contributed by atoms with Gasteiger partial charge in [-0.1, -0.05) is 18.2 Å². The van der Waals surface area contributed by atoms with Crippen molar-refractivity contribution in [2.45, 2.75) is 25.5 Å². The molecule has 17 heavy (non-hydrogen) atoms. The number of aliphatic hydroxyl groups excluding tert-OH is 1. The van der Waals surface area contributed by atoms with Gasteiger partial charge in [-0.3, -0.25) is 4.28 Å². The second-order valence-corrected chi connectivity index (χ2v) is 4.74. The number of nitrogens with zero attached hydrogens (tertiary/aromatic N) is 1. The summed E-state index contributed by atoms with van der Waals surface area (Å²) in [7, 11) is -5.75. The Kier molecular flexibility index (Phi) is 5.14. The molecule has 0 aliphatic rings. The Morgan fingerprint density at radius 2 is 2.00 bits per heavy atom. The van der Waals surface area contributed by atoms with Crippen LogP contribution in [0.15, 0.2) is 17.8 Å². The first kappa shape index (κ1) is 15.9. The van der Waals surface area contributed by atoms with E-state index in [1.807, 2.05) is 0 Å². The minimum atomic E-state index is -5.75. The van der Waals surface area contributed by atoms with E-state index in [0.717, 1.165) is 6.08 Å². The Morgan fingerprint density at radius 1 is 1.53 bits per heavy atom. The lowest BCUT2D eigenvalue weighted by Gasteiger charge is -2.14. The molecule has 9 heteroatoms. The molecule has 0 aliphatic carbocycles. The van der Waals surface area contributed by atoms with E-state index in [4.69, 9.17) is 0 Å². The van der Waals surface area contributed by atoms with Gasteiger partial charge in [-0.15, -0.1) is 6.58 Å². The van der Waals surface area contributed by atoms with Gasteiger partial charge >= 0.3 is 15.6 Å². The van der Waals surface area contributed by atoms with E-state index in [1.54, 1.807) is 0 Å². The van der Waals surface area contributed by atoms with Crippen LogP contribution in [0.5, 0.6) is 0 Å². The molecule has 0 heterocycles. The van der Waals surface area contributed by atoms with Crippen LogP contribution in [0.25, 0.3) is 0 Å². The van der Waals surface area contributed by atoms with Crippen molar-refractivity contribution < 1.29 is 31.0 Å². The predicted molar refractivity (Wildman–Crippen MR) is 54.5 cm³/mol. The zero-order chi connectivity index (χ0) is 13.9. The van der Waals surface area contributed by atoms with Gasteiger partial charge in [-0.2, -0.15) is 21.6 Å². The molecule has 0 radical (unpaired) electrons. The smallest absolute Gasteiger partial charge is 0.388 e. The van der Waals surface area contributed by atoms with E-state index in [9.17, 15) is 26.7 Å². The van der Waals surface area contributed by atoms with Gasteiger partial charge in [0.15, 0.2) is 0 Å². The van der Waals surface area contributed by atoms with Gasteiger partial charge in [0.05, 0.1) is 11.8 Å². The van der Waals surface area contributed by atoms with Crippen molar-refractivity contribution in [3.05, 3.63) is 12.7 Å². The van der Waals surface area contributed by atoms with Gasteiger partial charge in [0.25, 0.3) is 0 Å². The average molecular weight is 275 g/mol. The van der Waals surface area contributed by atoms with E-state index < -0.39 is 27.6 Å². The molecule has 2 atom stereocenters. The monoisotopic (exact) mass is 275 g/mol. The molecule has 5 nitrogen and oxygen atoms in total. The highest BCUT2D eigenvalue weighted by Gasteiger charge is 2.49. The third-order valence-corrected chi connectivity index (χ3v) is 2.81. The Morgan fingerprint density at radius 3 is 2.35 bits per heavy atom. The fourth-order valence-electron chi connectivity index (χ4n) is 0.684. The van der Waals surface area contributed by atoms with Crippen LogP contribution in [0.4, 0.5) is 13.2 Å². The van der Waals surface area contributed by atoms with Crippen LogP contribution in [-0.2, 0) is 14.4 Å². The van der Waals surface area contributed by atoms with Crippen LogP contribution in [0.2, 0.25) is 0 Å². The molecule has 0 aromatic heterocycles. The van der Waals surface area contributed by atoms with Crippen molar-refractivity contribution in [1.82, 2.24) is 0 Å². The molecule has 2 unspecified atom stereocenters. The molecule has 0 saturated heterocycles. The summed E-state index contributed by atoms with van der Waals surface area (Å²) in [6, 6.07) is 0. The summed E-state index contributed by atoms with van der Waals surface area (Å²) >= 11 is 0. The number of halogens is 3. The van der Waals surface area contributed by atoms with Crippen molar-refractivity contribution in [2.75, 3.05) is 0 Å². The molecular formula is C8H12F3NO4S. The zero-order valence-electron chi connectivity index (χ0n) is 9.10. The summed E-state index contributed by atoms with van der Waals surface area (Å²) in [6.07, 6.45) is 0.0815. The predicted octanol–water partition coefficient (Wildman–Crippen LogP) is 1.41. The molecule has 0 aromatic rings. The maximum absolute atomic E-state index is 11.9. The summed E-state index contributed by atoms with van der Waals surface area (Å²) in [5.41, 5.74) is -5.64. The summed E-state index contributed by atoms with van der Waals surface area (Å²) in [4.78, 5) is 0. The third kappa shape index (κ3) is 4.35. The molecule has 0 fully saturated rings. The molecule has 0 spiro atoms. The first-order chi connectivity index (χ1) is 7.53. The summed E-state index contributed by atoms with van der Waals surface area (Å²) in [5.74, 6) is -0.712. The Balaban J connectivity index is 4.81. The first-order valence-corrected chi connectivity index (χ1v) is 5.78. The fraction of sp³-hybridized carbons (Fsp3) is 0.625. The van der Waals surface area contributed by atoms with Gasteiger partial charge in [0.2, 0.25) is 0 Å². The minimum Gasteiger partial charge on any atom is -0.388 e. The van der Waals surface area contributed by atoms with E-state index in [0.29, 0.717) is 0 Å². The SMILES string of the molecule is C=CC(O)C(C)C(C)=NOS(=O)(=O)C(F)(F)F. The van der Waals surface area contributed by atoms with Crippen LogP contribution in [0.1, 0.15) is 13.8 Å². The van der Waals surface area contributed by atoms with Crippen LogP contribution in [0.3, 0.4) is 0 Å². The van der Waals surface area contributed by atoms with E-state index in [1.165, 1.54) is 13.8 Å². The van der Waals surface area contributed by atoms with Crippen LogP contribution < -0.4 is 0 Å². The number of hydrogen-bond acceptors (Lipinski definition) is 5. The molecule has 1 N–H and O–H groups in total. The second kappa shape index (κ2) is 5.50. The third-order valence-electron chi connectivity index (χ3n) is 1.98. The van der Waals surface area contributed by atoms with Crippen LogP contribution in [-0.4, -0.2) is 30.8 Å². The lowest BCUT2D eigenvalue weighted by atomic mass is 10.0. The highest BCUT2D eigenvalue weighted by atomic mass is 32.2. The van der Waals surface area contributed by atoms with E-state index in [2.05, 4.69) is 16.0 Å². The Bertz CT molecular complexity index is 401. The summed E-state index contributed by atoms with van der Waals surface area (Å²) < 4.78 is 60.0. The van der Waals surface area contributed by atoms with Crippen molar-refractivity contribution in [2.24, 2.45) is 11.1 Å². The maximum Gasteiger partial charge on any atom is 0.536 e. The van der Waals surface area contributed by atoms with Gasteiger partial charge in [-0.25, -0.2) is 0 Å². The number of rotatable bonds is 5. The minimum absolute atomic E-state index is 0.106. The molecule has 0 aromatic carbocycles. The van der Waals surface area contributed by atoms with Gasteiger partial charge < -0.3 is 5.11 Å². The van der Waals surface area contributed by atoms with Crippen molar-refractivity contribution in [3.8, 4) is 0 Å². The fourth-order valence-corrected chi connectivity index (χ4v) is 0.985. The lowest BCUT2D eigenvalue weighted by Crippen LogP contribution is -2.26. The number of oxime groups is 1. The number of alkyl halides is 3. The van der Waals surface area contributed by atoms with Crippen LogP contribution >= 0.6 is 0 Å². The Labute approximate surface area is 96.7 Å².